The van der Waals surface area contributed by atoms with Crippen molar-refractivity contribution in [3.05, 3.63) is 46.4 Å². The maximum absolute atomic E-state index is 11.8. The Labute approximate surface area is 149 Å². The smallest absolute Gasteiger partial charge is 0.241 e. The Bertz CT molecular complexity index is 907. The van der Waals surface area contributed by atoms with Gasteiger partial charge in [0.15, 0.2) is 0 Å². The fourth-order valence-electron chi connectivity index (χ4n) is 2.46. The SMILES string of the molecule is CNC(=O)C(C)Nc1ccc(Cl)cc1-c1nc2ccc(Cl)cc2[nH]1. The Morgan fingerprint density at radius 3 is 2.62 bits per heavy atom. The first kappa shape index (κ1) is 16.6. The van der Waals surface area contributed by atoms with Gasteiger partial charge in [0.25, 0.3) is 0 Å². The highest BCUT2D eigenvalue weighted by atomic mass is 35.5. The van der Waals surface area contributed by atoms with Gasteiger partial charge in [-0.05, 0) is 43.3 Å². The van der Waals surface area contributed by atoms with Crippen LogP contribution in [0, 0.1) is 0 Å². The van der Waals surface area contributed by atoms with Crippen molar-refractivity contribution >= 4 is 45.8 Å². The summed E-state index contributed by atoms with van der Waals surface area (Å²) in [5.74, 6) is 0.550. The number of nitrogens with zero attached hydrogens (tertiary/aromatic N) is 1. The van der Waals surface area contributed by atoms with Crippen molar-refractivity contribution in [2.75, 3.05) is 12.4 Å². The average molecular weight is 363 g/mol. The second-order valence-electron chi connectivity index (χ2n) is 5.42. The second-order valence-corrected chi connectivity index (χ2v) is 6.29. The molecule has 0 aliphatic rings. The molecule has 5 nitrogen and oxygen atoms in total. The van der Waals surface area contributed by atoms with E-state index in [-0.39, 0.29) is 5.91 Å². The Balaban J connectivity index is 2.04. The van der Waals surface area contributed by atoms with E-state index in [0.717, 1.165) is 22.3 Å². The lowest BCUT2D eigenvalue weighted by Gasteiger charge is -2.16. The lowest BCUT2D eigenvalue weighted by Crippen LogP contribution is -2.35. The minimum atomic E-state index is -0.395. The van der Waals surface area contributed by atoms with Gasteiger partial charge < -0.3 is 15.6 Å². The molecule has 3 rings (SSSR count). The van der Waals surface area contributed by atoms with E-state index in [1.807, 2.05) is 18.2 Å². The number of likely N-dealkylation sites (N-methyl/N-ethyl adjacent to an activating group) is 1. The third kappa shape index (κ3) is 3.32. The summed E-state index contributed by atoms with van der Waals surface area (Å²) in [6, 6.07) is 10.5. The molecule has 124 valence electrons. The summed E-state index contributed by atoms with van der Waals surface area (Å²) in [6.45, 7) is 1.79. The highest BCUT2D eigenvalue weighted by Crippen LogP contribution is 2.31. The number of hydrogen-bond donors (Lipinski definition) is 3. The summed E-state index contributed by atoms with van der Waals surface area (Å²) < 4.78 is 0. The van der Waals surface area contributed by atoms with E-state index in [4.69, 9.17) is 23.2 Å². The number of H-pyrrole nitrogens is 1. The fraction of sp³-hybridized carbons (Fsp3) is 0.176. The zero-order valence-corrected chi connectivity index (χ0v) is 14.7. The largest absolute Gasteiger partial charge is 0.373 e. The number of rotatable bonds is 4. The van der Waals surface area contributed by atoms with Gasteiger partial charge in [0.1, 0.15) is 11.9 Å². The molecule has 0 spiro atoms. The molecule has 2 aromatic carbocycles. The van der Waals surface area contributed by atoms with Crippen LogP contribution in [0.3, 0.4) is 0 Å². The maximum atomic E-state index is 11.8. The number of imidazole rings is 1. The van der Waals surface area contributed by atoms with Gasteiger partial charge in [-0.25, -0.2) is 4.98 Å². The number of anilines is 1. The molecule has 0 aliphatic heterocycles. The molecule has 0 saturated heterocycles. The molecule has 1 atom stereocenters. The van der Waals surface area contributed by atoms with Gasteiger partial charge in [-0.3, -0.25) is 4.79 Å². The first-order chi connectivity index (χ1) is 11.5. The number of hydrogen-bond acceptors (Lipinski definition) is 3. The molecule has 1 amide bonds. The molecule has 7 heteroatoms. The quantitative estimate of drug-likeness (QED) is 0.654. The number of carbonyl (C=O) groups excluding carboxylic acids is 1. The minimum absolute atomic E-state index is 0.104. The van der Waals surface area contributed by atoms with Crippen LogP contribution in [0.25, 0.3) is 22.4 Å². The van der Waals surface area contributed by atoms with Crippen molar-refractivity contribution in [1.29, 1.82) is 0 Å². The van der Waals surface area contributed by atoms with E-state index in [0.29, 0.717) is 15.9 Å². The number of amides is 1. The monoisotopic (exact) mass is 362 g/mol. The van der Waals surface area contributed by atoms with Crippen LogP contribution in [0.15, 0.2) is 36.4 Å². The van der Waals surface area contributed by atoms with Crippen LogP contribution in [0.2, 0.25) is 10.0 Å². The number of benzene rings is 2. The van der Waals surface area contributed by atoms with Gasteiger partial charge in [-0.15, -0.1) is 0 Å². The molecule has 1 unspecified atom stereocenters. The van der Waals surface area contributed by atoms with Crippen LogP contribution in [0.5, 0.6) is 0 Å². The fourth-order valence-corrected chi connectivity index (χ4v) is 2.81. The summed E-state index contributed by atoms with van der Waals surface area (Å²) in [6.07, 6.45) is 0. The minimum Gasteiger partial charge on any atom is -0.373 e. The predicted octanol–water partition coefficient (Wildman–Crippen LogP) is 4.08. The van der Waals surface area contributed by atoms with Crippen molar-refractivity contribution in [3.63, 3.8) is 0 Å². The number of nitrogens with one attached hydrogen (secondary N) is 3. The van der Waals surface area contributed by atoms with Gasteiger partial charge in [-0.2, -0.15) is 0 Å². The van der Waals surface area contributed by atoms with Crippen LogP contribution >= 0.6 is 23.2 Å². The van der Waals surface area contributed by atoms with E-state index in [2.05, 4.69) is 20.6 Å². The molecule has 3 N–H and O–H groups in total. The lowest BCUT2D eigenvalue weighted by molar-refractivity contribution is -0.121. The van der Waals surface area contributed by atoms with Gasteiger partial charge in [0, 0.05) is 28.3 Å². The van der Waals surface area contributed by atoms with E-state index >= 15 is 0 Å². The van der Waals surface area contributed by atoms with Crippen LogP contribution in [0.1, 0.15) is 6.92 Å². The van der Waals surface area contributed by atoms with E-state index in [9.17, 15) is 4.79 Å². The standard InChI is InChI=1S/C17H16Cl2N4O/c1-9(17(24)20-2)21-13-5-3-10(18)7-12(13)16-22-14-6-4-11(19)8-15(14)23-16/h3-9,21H,1-2H3,(H,20,24)(H,22,23). The molecule has 1 aromatic heterocycles. The van der Waals surface area contributed by atoms with Crippen molar-refractivity contribution in [3.8, 4) is 11.4 Å². The number of aromatic amines is 1. The summed E-state index contributed by atoms with van der Waals surface area (Å²) >= 11 is 12.2. The molecular weight excluding hydrogens is 347 g/mol. The van der Waals surface area contributed by atoms with Gasteiger partial charge in [-0.1, -0.05) is 23.2 Å². The van der Waals surface area contributed by atoms with Gasteiger partial charge in [0.2, 0.25) is 5.91 Å². The summed E-state index contributed by atoms with van der Waals surface area (Å²) in [5.41, 5.74) is 3.19. The third-order valence-electron chi connectivity index (χ3n) is 3.69. The summed E-state index contributed by atoms with van der Waals surface area (Å²) in [5, 5.41) is 7.02. The van der Waals surface area contributed by atoms with Crippen LogP contribution in [-0.4, -0.2) is 29.0 Å². The normalized spacial score (nSPS) is 12.2. The number of halogens is 2. The lowest BCUT2D eigenvalue weighted by atomic mass is 10.1. The zero-order chi connectivity index (χ0) is 17.3. The van der Waals surface area contributed by atoms with Crippen molar-refractivity contribution in [2.24, 2.45) is 0 Å². The molecular formula is C17H16Cl2N4O. The Morgan fingerprint density at radius 1 is 1.17 bits per heavy atom. The Hall–Kier alpha value is -2.24. The topological polar surface area (TPSA) is 69.8 Å². The van der Waals surface area contributed by atoms with Crippen molar-refractivity contribution in [1.82, 2.24) is 15.3 Å². The van der Waals surface area contributed by atoms with Crippen molar-refractivity contribution < 1.29 is 4.79 Å². The first-order valence-corrected chi connectivity index (χ1v) is 8.17. The van der Waals surface area contributed by atoms with E-state index < -0.39 is 6.04 Å². The molecule has 0 radical (unpaired) electrons. The van der Waals surface area contributed by atoms with E-state index in [1.165, 1.54) is 0 Å². The first-order valence-electron chi connectivity index (χ1n) is 7.41. The van der Waals surface area contributed by atoms with Crippen LogP contribution < -0.4 is 10.6 Å². The molecule has 0 aliphatic carbocycles. The number of carbonyl (C=O) groups is 1. The molecule has 3 aromatic rings. The van der Waals surface area contributed by atoms with Crippen molar-refractivity contribution in [2.45, 2.75) is 13.0 Å². The highest BCUT2D eigenvalue weighted by Gasteiger charge is 2.16. The Kier molecular flexibility index (Phi) is 4.64. The molecule has 24 heavy (non-hydrogen) atoms. The molecule has 0 bridgehead atoms. The zero-order valence-electron chi connectivity index (χ0n) is 13.2. The third-order valence-corrected chi connectivity index (χ3v) is 4.16. The number of aromatic nitrogens is 2. The maximum Gasteiger partial charge on any atom is 0.241 e. The Morgan fingerprint density at radius 2 is 1.88 bits per heavy atom. The summed E-state index contributed by atoms with van der Waals surface area (Å²) in [4.78, 5) is 19.6. The van der Waals surface area contributed by atoms with E-state index in [1.54, 1.807) is 32.2 Å². The molecule has 0 saturated carbocycles. The molecule has 1 heterocycles. The van der Waals surface area contributed by atoms with Crippen LogP contribution in [0.4, 0.5) is 5.69 Å². The predicted molar refractivity (Wildman–Crippen MR) is 98.7 cm³/mol. The van der Waals surface area contributed by atoms with Gasteiger partial charge in [0.05, 0.1) is 11.0 Å². The molecule has 0 fully saturated rings. The highest BCUT2D eigenvalue weighted by molar-refractivity contribution is 6.31. The average Bonchev–Trinajstić information content (AvgIpc) is 2.98. The summed E-state index contributed by atoms with van der Waals surface area (Å²) in [7, 11) is 1.60. The van der Waals surface area contributed by atoms with Gasteiger partial charge >= 0.3 is 0 Å². The van der Waals surface area contributed by atoms with Crippen LogP contribution in [-0.2, 0) is 4.79 Å². The second kappa shape index (κ2) is 6.71. The number of fused-ring (bicyclic) bond motifs is 1.